The molecule has 0 spiro atoms. The highest BCUT2D eigenvalue weighted by Crippen LogP contribution is 2.23. The summed E-state index contributed by atoms with van der Waals surface area (Å²) in [4.78, 5) is 0. The Hall–Kier alpha value is -1.42. The maximum atomic E-state index is 5.87. The van der Waals surface area contributed by atoms with Crippen LogP contribution in [0.2, 0.25) is 0 Å². The van der Waals surface area contributed by atoms with E-state index in [1.807, 2.05) is 0 Å². The molecule has 0 aromatic heterocycles. The molecule has 1 atom stereocenters. The SMILES string of the molecule is COCCNC(CN)c1cccc2ccccc12. The van der Waals surface area contributed by atoms with Crippen LogP contribution in [-0.4, -0.2) is 26.8 Å². The number of nitrogens with two attached hydrogens (primary N) is 1. The van der Waals surface area contributed by atoms with Gasteiger partial charge in [-0.2, -0.15) is 0 Å². The van der Waals surface area contributed by atoms with Crippen molar-refractivity contribution in [2.75, 3.05) is 26.8 Å². The maximum absolute atomic E-state index is 5.87. The number of hydrogen-bond donors (Lipinski definition) is 2. The molecule has 0 amide bonds. The lowest BCUT2D eigenvalue weighted by molar-refractivity contribution is 0.196. The number of fused-ring (bicyclic) bond motifs is 1. The zero-order valence-corrected chi connectivity index (χ0v) is 10.7. The van der Waals surface area contributed by atoms with Gasteiger partial charge < -0.3 is 15.8 Å². The predicted octanol–water partition coefficient (Wildman–Crippen LogP) is 2.08. The van der Waals surface area contributed by atoms with Crippen molar-refractivity contribution in [2.45, 2.75) is 6.04 Å². The minimum Gasteiger partial charge on any atom is -0.383 e. The summed E-state index contributed by atoms with van der Waals surface area (Å²) in [6, 6.07) is 14.9. The molecule has 1 unspecified atom stereocenters. The lowest BCUT2D eigenvalue weighted by Crippen LogP contribution is -2.30. The molecule has 2 aromatic rings. The zero-order chi connectivity index (χ0) is 12.8. The van der Waals surface area contributed by atoms with E-state index in [1.54, 1.807) is 7.11 Å². The summed E-state index contributed by atoms with van der Waals surface area (Å²) in [7, 11) is 1.71. The van der Waals surface area contributed by atoms with Crippen LogP contribution in [0.3, 0.4) is 0 Å². The fraction of sp³-hybridized carbons (Fsp3) is 0.333. The molecule has 0 aliphatic heterocycles. The molecule has 0 aliphatic rings. The van der Waals surface area contributed by atoms with Crippen LogP contribution in [0.4, 0.5) is 0 Å². The summed E-state index contributed by atoms with van der Waals surface area (Å²) >= 11 is 0. The van der Waals surface area contributed by atoms with E-state index < -0.39 is 0 Å². The van der Waals surface area contributed by atoms with E-state index in [0.717, 1.165) is 6.54 Å². The van der Waals surface area contributed by atoms with Gasteiger partial charge in [-0.25, -0.2) is 0 Å². The first-order valence-corrected chi connectivity index (χ1v) is 6.27. The van der Waals surface area contributed by atoms with Crippen LogP contribution < -0.4 is 11.1 Å². The molecule has 3 N–H and O–H groups in total. The molecule has 0 saturated heterocycles. The average Bonchev–Trinajstić information content (AvgIpc) is 2.43. The largest absolute Gasteiger partial charge is 0.383 e. The molecule has 3 heteroatoms. The van der Waals surface area contributed by atoms with Crippen molar-refractivity contribution < 1.29 is 4.74 Å². The summed E-state index contributed by atoms with van der Waals surface area (Å²) in [5.41, 5.74) is 7.13. The monoisotopic (exact) mass is 244 g/mol. The number of rotatable bonds is 6. The highest BCUT2D eigenvalue weighted by molar-refractivity contribution is 5.86. The molecule has 0 heterocycles. The van der Waals surface area contributed by atoms with Gasteiger partial charge in [0.1, 0.15) is 0 Å². The van der Waals surface area contributed by atoms with Gasteiger partial charge in [-0.15, -0.1) is 0 Å². The Morgan fingerprint density at radius 1 is 1.17 bits per heavy atom. The van der Waals surface area contributed by atoms with Gasteiger partial charge in [-0.3, -0.25) is 0 Å². The highest BCUT2D eigenvalue weighted by atomic mass is 16.5. The quantitative estimate of drug-likeness (QED) is 0.765. The highest BCUT2D eigenvalue weighted by Gasteiger charge is 2.11. The van der Waals surface area contributed by atoms with Crippen molar-refractivity contribution in [2.24, 2.45) is 5.73 Å². The second-order valence-electron chi connectivity index (χ2n) is 4.30. The topological polar surface area (TPSA) is 47.3 Å². The second kappa shape index (κ2) is 6.50. The lowest BCUT2D eigenvalue weighted by atomic mass is 9.99. The minimum absolute atomic E-state index is 0.172. The summed E-state index contributed by atoms with van der Waals surface area (Å²) in [5.74, 6) is 0. The molecule has 0 aliphatic carbocycles. The third-order valence-electron chi connectivity index (χ3n) is 3.13. The van der Waals surface area contributed by atoms with Crippen LogP contribution in [0.1, 0.15) is 11.6 Å². The van der Waals surface area contributed by atoms with E-state index in [0.29, 0.717) is 13.2 Å². The first kappa shape index (κ1) is 13.0. The summed E-state index contributed by atoms with van der Waals surface area (Å²) in [6.45, 7) is 2.08. The third kappa shape index (κ3) is 2.88. The van der Waals surface area contributed by atoms with Crippen molar-refractivity contribution in [3.63, 3.8) is 0 Å². The van der Waals surface area contributed by atoms with Gasteiger partial charge in [0, 0.05) is 26.2 Å². The van der Waals surface area contributed by atoms with Crippen molar-refractivity contribution in [1.82, 2.24) is 5.32 Å². The molecule has 0 radical (unpaired) electrons. The first-order valence-electron chi connectivity index (χ1n) is 6.27. The molecular formula is C15H20N2O. The van der Waals surface area contributed by atoms with Crippen LogP contribution >= 0.6 is 0 Å². The lowest BCUT2D eigenvalue weighted by Gasteiger charge is -2.19. The molecular weight excluding hydrogens is 224 g/mol. The third-order valence-corrected chi connectivity index (χ3v) is 3.13. The molecule has 2 aromatic carbocycles. The molecule has 2 rings (SSSR count). The van der Waals surface area contributed by atoms with Crippen molar-refractivity contribution in [1.29, 1.82) is 0 Å². The Bertz CT molecular complexity index is 493. The Labute approximate surface area is 108 Å². The van der Waals surface area contributed by atoms with Gasteiger partial charge in [0.25, 0.3) is 0 Å². The van der Waals surface area contributed by atoms with Crippen LogP contribution in [0.25, 0.3) is 10.8 Å². The molecule has 96 valence electrons. The fourth-order valence-corrected chi connectivity index (χ4v) is 2.21. The van der Waals surface area contributed by atoms with Gasteiger partial charge >= 0.3 is 0 Å². The van der Waals surface area contributed by atoms with Gasteiger partial charge in [-0.1, -0.05) is 42.5 Å². The van der Waals surface area contributed by atoms with Crippen LogP contribution in [-0.2, 0) is 4.74 Å². The Morgan fingerprint density at radius 3 is 2.72 bits per heavy atom. The van der Waals surface area contributed by atoms with Crippen molar-refractivity contribution >= 4 is 10.8 Å². The molecule has 18 heavy (non-hydrogen) atoms. The fourth-order valence-electron chi connectivity index (χ4n) is 2.21. The first-order chi connectivity index (χ1) is 8.86. The van der Waals surface area contributed by atoms with Gasteiger partial charge in [-0.05, 0) is 16.3 Å². The van der Waals surface area contributed by atoms with Crippen molar-refractivity contribution in [3.8, 4) is 0 Å². The Kier molecular flexibility index (Phi) is 4.70. The predicted molar refractivity (Wildman–Crippen MR) is 75.6 cm³/mol. The summed E-state index contributed by atoms with van der Waals surface area (Å²) in [6.07, 6.45) is 0. The normalized spacial score (nSPS) is 12.8. The standard InChI is InChI=1S/C15H20N2O/c1-18-10-9-17-15(11-16)14-8-4-6-12-5-2-3-7-13(12)14/h2-8,15,17H,9-11,16H2,1H3. The van der Waals surface area contributed by atoms with E-state index in [2.05, 4.69) is 47.8 Å². The Morgan fingerprint density at radius 2 is 1.94 bits per heavy atom. The average molecular weight is 244 g/mol. The maximum Gasteiger partial charge on any atom is 0.0587 e. The number of hydrogen-bond acceptors (Lipinski definition) is 3. The van der Waals surface area contributed by atoms with Gasteiger partial charge in [0.2, 0.25) is 0 Å². The smallest absolute Gasteiger partial charge is 0.0587 e. The number of benzene rings is 2. The van der Waals surface area contributed by atoms with Crippen LogP contribution in [0, 0.1) is 0 Å². The second-order valence-corrected chi connectivity index (χ2v) is 4.30. The van der Waals surface area contributed by atoms with Crippen LogP contribution in [0.5, 0.6) is 0 Å². The minimum atomic E-state index is 0.172. The van der Waals surface area contributed by atoms with E-state index in [9.17, 15) is 0 Å². The molecule has 0 bridgehead atoms. The van der Waals surface area contributed by atoms with E-state index in [-0.39, 0.29) is 6.04 Å². The summed E-state index contributed by atoms with van der Waals surface area (Å²) < 4.78 is 5.06. The van der Waals surface area contributed by atoms with Gasteiger partial charge in [0.15, 0.2) is 0 Å². The number of ether oxygens (including phenoxy) is 1. The van der Waals surface area contributed by atoms with Crippen LogP contribution in [0.15, 0.2) is 42.5 Å². The van der Waals surface area contributed by atoms with Gasteiger partial charge in [0.05, 0.1) is 6.61 Å². The van der Waals surface area contributed by atoms with E-state index in [4.69, 9.17) is 10.5 Å². The molecule has 0 saturated carbocycles. The number of nitrogens with one attached hydrogen (secondary N) is 1. The summed E-state index contributed by atoms with van der Waals surface area (Å²) in [5, 5.41) is 5.94. The zero-order valence-electron chi connectivity index (χ0n) is 10.7. The molecule has 3 nitrogen and oxygen atoms in total. The van der Waals surface area contributed by atoms with Crippen molar-refractivity contribution in [3.05, 3.63) is 48.0 Å². The molecule has 0 fully saturated rings. The van der Waals surface area contributed by atoms with E-state index in [1.165, 1.54) is 16.3 Å². The van der Waals surface area contributed by atoms with E-state index >= 15 is 0 Å². The number of methoxy groups -OCH3 is 1. The Balaban J connectivity index is 2.27.